The minimum Gasteiger partial charge on any atom is -0.0620 e. The molecule has 0 amide bonds. The topological polar surface area (TPSA) is 0 Å². The molecule has 0 fully saturated rings. The summed E-state index contributed by atoms with van der Waals surface area (Å²) < 4.78 is 0. The minimum absolute atomic E-state index is 0.641. The molecule has 1 aliphatic rings. The number of benzene rings is 2. The summed E-state index contributed by atoms with van der Waals surface area (Å²) in [7, 11) is 0. The highest BCUT2D eigenvalue weighted by molar-refractivity contribution is 5.47. The zero-order valence-corrected chi connectivity index (χ0v) is 8.90. The molecule has 0 aromatic heterocycles. The van der Waals surface area contributed by atoms with E-state index in [2.05, 4.69) is 55.5 Å². The highest BCUT2D eigenvalue weighted by Crippen LogP contribution is 2.39. The Morgan fingerprint density at radius 1 is 0.933 bits per heavy atom. The SMILES string of the molecule is Cc1ccc(C2Cc3ccccc32)cc1. The lowest BCUT2D eigenvalue weighted by Gasteiger charge is -2.30. The van der Waals surface area contributed by atoms with Gasteiger partial charge in [0.15, 0.2) is 0 Å². The van der Waals surface area contributed by atoms with Gasteiger partial charge < -0.3 is 0 Å². The monoisotopic (exact) mass is 194 g/mol. The van der Waals surface area contributed by atoms with E-state index >= 15 is 0 Å². The zero-order chi connectivity index (χ0) is 10.3. The quantitative estimate of drug-likeness (QED) is 0.649. The Hall–Kier alpha value is -1.56. The Kier molecular flexibility index (Phi) is 1.88. The lowest BCUT2D eigenvalue weighted by molar-refractivity contribution is 0.708. The van der Waals surface area contributed by atoms with Crippen LogP contribution in [0, 0.1) is 6.92 Å². The third kappa shape index (κ3) is 1.37. The number of aryl methyl sites for hydroxylation is 1. The van der Waals surface area contributed by atoms with Crippen molar-refractivity contribution in [2.75, 3.05) is 0 Å². The summed E-state index contributed by atoms with van der Waals surface area (Å²) in [6.07, 6.45) is 1.21. The van der Waals surface area contributed by atoms with Crippen molar-refractivity contribution in [3.05, 3.63) is 70.8 Å². The van der Waals surface area contributed by atoms with Crippen molar-refractivity contribution >= 4 is 0 Å². The van der Waals surface area contributed by atoms with E-state index in [9.17, 15) is 0 Å². The molecule has 2 aromatic carbocycles. The number of hydrogen-bond acceptors (Lipinski definition) is 0. The van der Waals surface area contributed by atoms with E-state index in [1.165, 1.54) is 28.7 Å². The van der Waals surface area contributed by atoms with Gasteiger partial charge in [-0.1, -0.05) is 54.1 Å². The molecule has 0 spiro atoms. The predicted octanol–water partition coefficient (Wildman–Crippen LogP) is 3.68. The zero-order valence-electron chi connectivity index (χ0n) is 8.90. The maximum atomic E-state index is 2.26. The van der Waals surface area contributed by atoms with E-state index in [0.717, 1.165) is 0 Å². The Labute approximate surface area is 90.6 Å². The van der Waals surface area contributed by atoms with E-state index in [4.69, 9.17) is 0 Å². The van der Waals surface area contributed by atoms with Crippen molar-refractivity contribution in [1.29, 1.82) is 0 Å². The maximum absolute atomic E-state index is 2.26. The summed E-state index contributed by atoms with van der Waals surface area (Å²) in [6.45, 7) is 2.14. The largest absolute Gasteiger partial charge is 0.0620 e. The molecule has 0 radical (unpaired) electrons. The van der Waals surface area contributed by atoms with Crippen molar-refractivity contribution in [2.45, 2.75) is 19.3 Å². The molecule has 1 aliphatic carbocycles. The fourth-order valence-corrected chi connectivity index (χ4v) is 2.35. The molecule has 3 rings (SSSR count). The average Bonchev–Trinajstić information content (AvgIpc) is 2.23. The van der Waals surface area contributed by atoms with E-state index in [0.29, 0.717) is 5.92 Å². The van der Waals surface area contributed by atoms with Crippen LogP contribution in [0.25, 0.3) is 0 Å². The second kappa shape index (κ2) is 3.23. The molecule has 0 heterocycles. The second-order valence-electron chi connectivity index (χ2n) is 4.37. The highest BCUT2D eigenvalue weighted by atomic mass is 14.3. The van der Waals surface area contributed by atoms with Crippen LogP contribution in [0.5, 0.6) is 0 Å². The fraction of sp³-hybridized carbons (Fsp3) is 0.200. The van der Waals surface area contributed by atoms with Crippen molar-refractivity contribution < 1.29 is 0 Å². The van der Waals surface area contributed by atoms with Crippen molar-refractivity contribution in [3.63, 3.8) is 0 Å². The van der Waals surface area contributed by atoms with Crippen LogP contribution < -0.4 is 0 Å². The van der Waals surface area contributed by atoms with Gasteiger partial charge >= 0.3 is 0 Å². The minimum atomic E-state index is 0.641. The molecule has 0 saturated heterocycles. The average molecular weight is 194 g/mol. The first kappa shape index (κ1) is 8.72. The molecule has 15 heavy (non-hydrogen) atoms. The van der Waals surface area contributed by atoms with Crippen LogP contribution >= 0.6 is 0 Å². The molecule has 1 atom stereocenters. The molecule has 0 N–H and O–H groups in total. The third-order valence-corrected chi connectivity index (χ3v) is 3.33. The summed E-state index contributed by atoms with van der Waals surface area (Å²) in [6, 6.07) is 17.7. The van der Waals surface area contributed by atoms with Gasteiger partial charge in [0.2, 0.25) is 0 Å². The van der Waals surface area contributed by atoms with Gasteiger partial charge in [-0.3, -0.25) is 0 Å². The first-order chi connectivity index (χ1) is 7.34. The number of rotatable bonds is 1. The van der Waals surface area contributed by atoms with Gasteiger partial charge in [-0.05, 0) is 30.0 Å². The molecule has 0 aliphatic heterocycles. The summed E-state index contributed by atoms with van der Waals surface area (Å²) >= 11 is 0. The second-order valence-corrected chi connectivity index (χ2v) is 4.37. The number of fused-ring (bicyclic) bond motifs is 1. The number of hydrogen-bond donors (Lipinski definition) is 0. The standard InChI is InChI=1S/C15H14/c1-11-6-8-12(9-7-11)15-10-13-4-2-3-5-14(13)15/h2-9,15H,10H2,1H3. The smallest absolute Gasteiger partial charge is 0.0133 e. The normalized spacial score (nSPS) is 18.1. The predicted molar refractivity (Wildman–Crippen MR) is 63.2 cm³/mol. The van der Waals surface area contributed by atoms with Gasteiger partial charge in [0.1, 0.15) is 0 Å². The summed E-state index contributed by atoms with van der Waals surface area (Å²) in [4.78, 5) is 0. The lowest BCUT2D eigenvalue weighted by Crippen LogP contribution is -2.17. The molecule has 0 saturated carbocycles. The van der Waals surface area contributed by atoms with Gasteiger partial charge in [-0.2, -0.15) is 0 Å². The van der Waals surface area contributed by atoms with Crippen LogP contribution in [0.4, 0.5) is 0 Å². The first-order valence-electron chi connectivity index (χ1n) is 5.49. The summed E-state index contributed by atoms with van der Waals surface area (Å²) in [5, 5.41) is 0. The van der Waals surface area contributed by atoms with Crippen LogP contribution in [0.15, 0.2) is 48.5 Å². The van der Waals surface area contributed by atoms with Gasteiger partial charge in [-0.25, -0.2) is 0 Å². The Bertz CT molecular complexity index is 480. The fourth-order valence-electron chi connectivity index (χ4n) is 2.35. The van der Waals surface area contributed by atoms with Gasteiger partial charge in [-0.15, -0.1) is 0 Å². The highest BCUT2D eigenvalue weighted by Gasteiger charge is 2.26. The van der Waals surface area contributed by atoms with Crippen molar-refractivity contribution in [2.24, 2.45) is 0 Å². The lowest BCUT2D eigenvalue weighted by atomic mass is 9.74. The molecule has 1 unspecified atom stereocenters. The van der Waals surface area contributed by atoms with Crippen LogP contribution in [0.3, 0.4) is 0 Å². The molecule has 0 heteroatoms. The third-order valence-electron chi connectivity index (χ3n) is 3.33. The summed E-state index contributed by atoms with van der Waals surface area (Å²) in [5.41, 5.74) is 5.83. The molecule has 74 valence electrons. The molecule has 0 nitrogen and oxygen atoms in total. The van der Waals surface area contributed by atoms with Crippen LogP contribution in [0.2, 0.25) is 0 Å². The van der Waals surface area contributed by atoms with Gasteiger partial charge in [0, 0.05) is 5.92 Å². The Morgan fingerprint density at radius 2 is 1.67 bits per heavy atom. The van der Waals surface area contributed by atoms with Gasteiger partial charge in [0.05, 0.1) is 0 Å². The van der Waals surface area contributed by atoms with E-state index in [-0.39, 0.29) is 0 Å². The Morgan fingerprint density at radius 3 is 2.40 bits per heavy atom. The van der Waals surface area contributed by atoms with E-state index in [1.807, 2.05) is 0 Å². The van der Waals surface area contributed by atoms with Crippen LogP contribution in [-0.2, 0) is 6.42 Å². The van der Waals surface area contributed by atoms with Crippen LogP contribution in [0.1, 0.15) is 28.2 Å². The van der Waals surface area contributed by atoms with Crippen molar-refractivity contribution in [3.8, 4) is 0 Å². The summed E-state index contributed by atoms with van der Waals surface area (Å²) in [5.74, 6) is 0.641. The van der Waals surface area contributed by atoms with Crippen molar-refractivity contribution in [1.82, 2.24) is 0 Å². The molecular weight excluding hydrogens is 180 g/mol. The Balaban J connectivity index is 1.96. The van der Waals surface area contributed by atoms with Crippen LogP contribution in [-0.4, -0.2) is 0 Å². The molecule has 0 bridgehead atoms. The first-order valence-corrected chi connectivity index (χ1v) is 5.49. The van der Waals surface area contributed by atoms with Gasteiger partial charge in [0.25, 0.3) is 0 Å². The van der Waals surface area contributed by atoms with E-state index in [1.54, 1.807) is 0 Å². The molecule has 2 aromatic rings. The van der Waals surface area contributed by atoms with E-state index < -0.39 is 0 Å². The maximum Gasteiger partial charge on any atom is 0.0133 e. The molecular formula is C15H14.